The Balaban J connectivity index is 2.90. The lowest BCUT2D eigenvalue weighted by atomic mass is 9.95. The average Bonchev–Trinajstić information content (AvgIpc) is 2.34. The van der Waals surface area contributed by atoms with Crippen LogP contribution in [0.4, 0.5) is 0 Å². The Labute approximate surface area is 108 Å². The number of carboxylic acids is 1. The number of aliphatic carboxylic acids is 1. The van der Waals surface area contributed by atoms with Gasteiger partial charge in [0.15, 0.2) is 0 Å². The maximum atomic E-state index is 10.5. The normalized spacial score (nSPS) is 12.5. The van der Waals surface area contributed by atoms with E-state index in [0.29, 0.717) is 12.3 Å². The highest BCUT2D eigenvalue weighted by Gasteiger charge is 2.13. The Morgan fingerprint density at radius 1 is 1.44 bits per heavy atom. The Kier molecular flexibility index (Phi) is 5.16. The van der Waals surface area contributed by atoms with E-state index in [4.69, 9.17) is 15.6 Å². The second-order valence-electron chi connectivity index (χ2n) is 4.69. The third-order valence-electron chi connectivity index (χ3n) is 2.97. The van der Waals surface area contributed by atoms with Gasteiger partial charge in [0.2, 0.25) is 0 Å². The Morgan fingerprint density at radius 2 is 2.11 bits per heavy atom. The van der Waals surface area contributed by atoms with Crippen molar-refractivity contribution in [3.63, 3.8) is 0 Å². The van der Waals surface area contributed by atoms with Gasteiger partial charge in [-0.25, -0.2) is 0 Å². The zero-order valence-corrected chi connectivity index (χ0v) is 11.1. The summed E-state index contributed by atoms with van der Waals surface area (Å²) in [4.78, 5) is 10.5. The number of methoxy groups -OCH3 is 1. The summed E-state index contributed by atoms with van der Waals surface area (Å²) in [6, 6.07) is 5.56. The second kappa shape index (κ2) is 6.40. The zero-order chi connectivity index (χ0) is 13.7. The maximum absolute atomic E-state index is 10.5. The molecule has 0 spiro atoms. The zero-order valence-electron chi connectivity index (χ0n) is 11.1. The van der Waals surface area contributed by atoms with Crippen molar-refractivity contribution in [1.82, 2.24) is 0 Å². The van der Waals surface area contributed by atoms with Gasteiger partial charge in [-0.1, -0.05) is 26.0 Å². The molecular weight excluding hydrogens is 230 g/mol. The highest BCUT2D eigenvalue weighted by molar-refractivity contribution is 5.66. The summed E-state index contributed by atoms with van der Waals surface area (Å²) in [7, 11) is 1.64. The number of hydrogen-bond donors (Lipinski definition) is 2. The molecule has 4 nitrogen and oxygen atoms in total. The molecule has 0 aliphatic heterocycles. The van der Waals surface area contributed by atoms with Crippen molar-refractivity contribution in [1.29, 1.82) is 0 Å². The van der Waals surface area contributed by atoms with Crippen molar-refractivity contribution in [2.75, 3.05) is 7.11 Å². The predicted molar refractivity (Wildman–Crippen MR) is 70.9 cm³/mol. The first kappa shape index (κ1) is 14.5. The molecule has 0 aliphatic carbocycles. The van der Waals surface area contributed by atoms with Crippen LogP contribution in [0.1, 0.15) is 49.8 Å². The number of hydrogen-bond acceptors (Lipinski definition) is 3. The van der Waals surface area contributed by atoms with Crippen LogP contribution in [-0.2, 0) is 4.79 Å². The van der Waals surface area contributed by atoms with E-state index in [1.165, 1.54) is 0 Å². The first-order valence-corrected chi connectivity index (χ1v) is 6.11. The van der Waals surface area contributed by atoms with Gasteiger partial charge in [-0.3, -0.25) is 4.79 Å². The van der Waals surface area contributed by atoms with Gasteiger partial charge in [-0.15, -0.1) is 0 Å². The molecule has 0 saturated carbocycles. The van der Waals surface area contributed by atoms with E-state index >= 15 is 0 Å². The summed E-state index contributed by atoms with van der Waals surface area (Å²) in [6.45, 7) is 4.18. The minimum absolute atomic E-state index is 0.0875. The monoisotopic (exact) mass is 251 g/mol. The molecule has 0 aliphatic rings. The van der Waals surface area contributed by atoms with Gasteiger partial charge in [0.05, 0.1) is 7.11 Å². The molecule has 1 rings (SSSR count). The van der Waals surface area contributed by atoms with Gasteiger partial charge in [-0.05, 0) is 29.5 Å². The summed E-state index contributed by atoms with van der Waals surface area (Å²) < 4.78 is 5.30. The maximum Gasteiger partial charge on any atom is 0.303 e. The van der Waals surface area contributed by atoms with Crippen molar-refractivity contribution >= 4 is 5.97 Å². The molecule has 1 aromatic carbocycles. The standard InChI is InChI=1S/C14H21NO3/c1-9(2)11-8-10(4-6-13(11)18-3)12(15)5-7-14(16)17/h4,6,8-9,12H,5,7,15H2,1-3H3,(H,16,17). The summed E-state index contributed by atoms with van der Waals surface area (Å²) in [6.07, 6.45) is 0.531. The lowest BCUT2D eigenvalue weighted by Gasteiger charge is -2.16. The molecule has 1 atom stereocenters. The Morgan fingerprint density at radius 3 is 2.61 bits per heavy atom. The quantitative estimate of drug-likeness (QED) is 0.815. The smallest absolute Gasteiger partial charge is 0.303 e. The van der Waals surface area contributed by atoms with Crippen LogP contribution in [0.15, 0.2) is 18.2 Å². The van der Waals surface area contributed by atoms with E-state index in [9.17, 15) is 4.79 Å². The van der Waals surface area contributed by atoms with E-state index in [2.05, 4.69) is 13.8 Å². The molecule has 3 N–H and O–H groups in total. The molecule has 0 saturated heterocycles. The molecule has 18 heavy (non-hydrogen) atoms. The van der Waals surface area contributed by atoms with E-state index in [0.717, 1.165) is 16.9 Å². The summed E-state index contributed by atoms with van der Waals surface area (Å²) >= 11 is 0. The molecule has 1 aromatic rings. The third kappa shape index (κ3) is 3.74. The first-order chi connectivity index (χ1) is 8.45. The molecule has 0 aromatic heterocycles. The fourth-order valence-electron chi connectivity index (χ4n) is 1.88. The van der Waals surface area contributed by atoms with E-state index in [1.54, 1.807) is 7.11 Å². The number of carbonyl (C=O) groups is 1. The minimum Gasteiger partial charge on any atom is -0.496 e. The van der Waals surface area contributed by atoms with Crippen LogP contribution < -0.4 is 10.5 Å². The van der Waals surface area contributed by atoms with Crippen LogP contribution >= 0.6 is 0 Å². The van der Waals surface area contributed by atoms with Crippen LogP contribution in [0, 0.1) is 0 Å². The highest BCUT2D eigenvalue weighted by Crippen LogP contribution is 2.29. The Hall–Kier alpha value is -1.55. The molecular formula is C14H21NO3. The lowest BCUT2D eigenvalue weighted by molar-refractivity contribution is -0.137. The fourth-order valence-corrected chi connectivity index (χ4v) is 1.88. The van der Waals surface area contributed by atoms with E-state index in [-0.39, 0.29) is 12.5 Å². The van der Waals surface area contributed by atoms with Crippen molar-refractivity contribution in [2.24, 2.45) is 5.73 Å². The van der Waals surface area contributed by atoms with Crippen molar-refractivity contribution in [2.45, 2.75) is 38.6 Å². The van der Waals surface area contributed by atoms with Gasteiger partial charge in [0, 0.05) is 12.5 Å². The van der Waals surface area contributed by atoms with E-state index < -0.39 is 5.97 Å². The molecule has 0 heterocycles. The average molecular weight is 251 g/mol. The van der Waals surface area contributed by atoms with Crippen LogP contribution in [-0.4, -0.2) is 18.2 Å². The topological polar surface area (TPSA) is 72.5 Å². The number of benzene rings is 1. The number of ether oxygens (including phenoxy) is 1. The van der Waals surface area contributed by atoms with Gasteiger partial charge in [0.25, 0.3) is 0 Å². The van der Waals surface area contributed by atoms with Crippen molar-refractivity contribution in [3.05, 3.63) is 29.3 Å². The lowest BCUT2D eigenvalue weighted by Crippen LogP contribution is -2.13. The number of rotatable bonds is 6. The predicted octanol–water partition coefficient (Wildman–Crippen LogP) is 2.68. The number of carboxylic acid groups (broad SMARTS) is 1. The molecule has 100 valence electrons. The molecule has 0 bridgehead atoms. The van der Waals surface area contributed by atoms with E-state index in [1.807, 2.05) is 18.2 Å². The van der Waals surface area contributed by atoms with Gasteiger partial charge in [0.1, 0.15) is 5.75 Å². The molecule has 0 radical (unpaired) electrons. The molecule has 1 unspecified atom stereocenters. The van der Waals surface area contributed by atoms with Gasteiger partial charge in [-0.2, -0.15) is 0 Å². The minimum atomic E-state index is -0.817. The van der Waals surface area contributed by atoms with Gasteiger partial charge >= 0.3 is 5.97 Å². The van der Waals surface area contributed by atoms with Crippen LogP contribution in [0.2, 0.25) is 0 Å². The van der Waals surface area contributed by atoms with Crippen LogP contribution in [0.25, 0.3) is 0 Å². The van der Waals surface area contributed by atoms with Crippen LogP contribution in [0.3, 0.4) is 0 Å². The number of nitrogens with two attached hydrogens (primary N) is 1. The molecule has 4 heteroatoms. The molecule has 0 fully saturated rings. The van der Waals surface area contributed by atoms with Crippen molar-refractivity contribution < 1.29 is 14.6 Å². The van der Waals surface area contributed by atoms with Crippen LogP contribution in [0.5, 0.6) is 5.75 Å². The summed E-state index contributed by atoms with van der Waals surface area (Å²) in [5, 5.41) is 8.66. The highest BCUT2D eigenvalue weighted by atomic mass is 16.5. The van der Waals surface area contributed by atoms with Crippen molar-refractivity contribution in [3.8, 4) is 5.75 Å². The first-order valence-electron chi connectivity index (χ1n) is 6.11. The summed E-state index contributed by atoms with van der Waals surface area (Å²) in [5.74, 6) is 0.369. The Bertz CT molecular complexity index is 416. The second-order valence-corrected chi connectivity index (χ2v) is 4.69. The largest absolute Gasteiger partial charge is 0.496 e. The molecule has 0 amide bonds. The SMILES string of the molecule is COc1ccc(C(N)CCC(=O)O)cc1C(C)C. The fraction of sp³-hybridized carbons (Fsp3) is 0.500. The van der Waals surface area contributed by atoms with Gasteiger partial charge < -0.3 is 15.6 Å². The summed E-state index contributed by atoms with van der Waals surface area (Å²) in [5.41, 5.74) is 8.06. The third-order valence-corrected chi connectivity index (χ3v) is 2.97.